The van der Waals surface area contributed by atoms with E-state index in [4.69, 9.17) is 11.6 Å². The molecule has 1 aromatic rings. The molecule has 7 nitrogen and oxygen atoms in total. The maximum Gasteiger partial charge on any atom is 0.264 e. The highest BCUT2D eigenvalue weighted by atomic mass is 35.5. The standard InChI is InChI=1S/C18H23ClN6O/c19-12-4-1-10(2-5-12)13-9-20-25-17(26)8-15(21-18(13)25)11-3-6-14-16(7-11)23-24-22-14/h1-2,4-5,8,11,13-14,16,18,20-24H,3,6-7,9H2. The van der Waals surface area contributed by atoms with Crippen molar-refractivity contribution >= 4 is 17.5 Å². The molecule has 1 saturated carbocycles. The van der Waals surface area contributed by atoms with E-state index >= 15 is 0 Å². The van der Waals surface area contributed by atoms with Crippen LogP contribution in [0.3, 0.4) is 0 Å². The zero-order chi connectivity index (χ0) is 17.7. The molecule has 0 bridgehead atoms. The van der Waals surface area contributed by atoms with Crippen LogP contribution in [0, 0.1) is 5.92 Å². The van der Waals surface area contributed by atoms with Gasteiger partial charge in [0.2, 0.25) is 0 Å². The highest BCUT2D eigenvalue weighted by Gasteiger charge is 2.43. The monoisotopic (exact) mass is 374 g/mol. The fourth-order valence-corrected chi connectivity index (χ4v) is 4.77. The lowest BCUT2D eigenvalue weighted by Gasteiger charge is -2.38. The molecular weight excluding hydrogens is 352 g/mol. The lowest BCUT2D eigenvalue weighted by atomic mass is 9.80. The summed E-state index contributed by atoms with van der Waals surface area (Å²) in [4.78, 5) is 12.7. The van der Waals surface area contributed by atoms with Gasteiger partial charge in [-0.05, 0) is 37.0 Å². The van der Waals surface area contributed by atoms with E-state index in [0.29, 0.717) is 18.0 Å². The number of nitrogens with one attached hydrogen (secondary N) is 5. The van der Waals surface area contributed by atoms with Gasteiger partial charge in [-0.25, -0.2) is 16.3 Å². The van der Waals surface area contributed by atoms with Crippen LogP contribution in [0.4, 0.5) is 0 Å². The first-order chi connectivity index (χ1) is 12.7. The molecule has 5 N–H and O–H groups in total. The van der Waals surface area contributed by atoms with Crippen LogP contribution in [0.5, 0.6) is 0 Å². The molecule has 3 fully saturated rings. The van der Waals surface area contributed by atoms with E-state index in [0.717, 1.165) is 36.5 Å². The Hall–Kier alpha value is -1.64. The second-order valence-corrected chi connectivity index (χ2v) is 7.99. The number of fused-ring (bicyclic) bond motifs is 2. The number of halogens is 1. The predicted molar refractivity (Wildman–Crippen MR) is 98.4 cm³/mol. The highest BCUT2D eigenvalue weighted by Crippen LogP contribution is 2.35. The first kappa shape index (κ1) is 16.5. The van der Waals surface area contributed by atoms with Crippen LogP contribution in [-0.2, 0) is 4.79 Å². The van der Waals surface area contributed by atoms with Gasteiger partial charge in [0, 0.05) is 47.3 Å². The first-order valence-corrected chi connectivity index (χ1v) is 9.63. The number of hydrogen-bond acceptors (Lipinski definition) is 6. The van der Waals surface area contributed by atoms with Gasteiger partial charge in [0.05, 0.1) is 0 Å². The summed E-state index contributed by atoms with van der Waals surface area (Å²) < 4.78 is 0. The summed E-state index contributed by atoms with van der Waals surface area (Å²) in [6, 6.07) is 8.79. The smallest absolute Gasteiger partial charge is 0.264 e. The molecule has 0 radical (unpaired) electrons. The molecule has 138 valence electrons. The topological polar surface area (TPSA) is 80.5 Å². The zero-order valence-corrected chi connectivity index (χ0v) is 15.1. The number of hydrogen-bond donors (Lipinski definition) is 5. The molecule has 3 heterocycles. The van der Waals surface area contributed by atoms with Crippen molar-refractivity contribution in [1.29, 1.82) is 0 Å². The molecule has 8 heteroatoms. The molecule has 2 saturated heterocycles. The molecule has 4 aliphatic rings. The molecule has 5 atom stereocenters. The van der Waals surface area contributed by atoms with E-state index in [1.807, 2.05) is 24.3 Å². The maximum atomic E-state index is 12.7. The highest BCUT2D eigenvalue weighted by molar-refractivity contribution is 6.30. The Morgan fingerprint density at radius 1 is 1.08 bits per heavy atom. The molecule has 1 aromatic carbocycles. The van der Waals surface area contributed by atoms with E-state index in [-0.39, 0.29) is 18.0 Å². The largest absolute Gasteiger partial charge is 0.366 e. The van der Waals surface area contributed by atoms with Crippen molar-refractivity contribution in [1.82, 2.24) is 32.1 Å². The predicted octanol–water partition coefficient (Wildman–Crippen LogP) is 0.733. The minimum Gasteiger partial charge on any atom is -0.366 e. The average Bonchev–Trinajstić information content (AvgIpc) is 3.28. The Bertz CT molecular complexity index is 738. The Morgan fingerprint density at radius 2 is 1.88 bits per heavy atom. The molecule has 5 unspecified atom stereocenters. The Kier molecular flexibility index (Phi) is 4.14. The minimum absolute atomic E-state index is 0.0398. The van der Waals surface area contributed by atoms with Crippen molar-refractivity contribution in [3.63, 3.8) is 0 Å². The Balaban J connectivity index is 1.36. The van der Waals surface area contributed by atoms with Crippen molar-refractivity contribution in [3.8, 4) is 0 Å². The van der Waals surface area contributed by atoms with Gasteiger partial charge in [0.25, 0.3) is 5.91 Å². The summed E-state index contributed by atoms with van der Waals surface area (Å²) in [5.41, 5.74) is 15.1. The van der Waals surface area contributed by atoms with Crippen LogP contribution in [0.15, 0.2) is 36.0 Å². The second kappa shape index (κ2) is 6.51. The molecule has 26 heavy (non-hydrogen) atoms. The van der Waals surface area contributed by atoms with Crippen molar-refractivity contribution in [2.24, 2.45) is 5.92 Å². The zero-order valence-electron chi connectivity index (χ0n) is 14.3. The van der Waals surface area contributed by atoms with Gasteiger partial charge in [-0.3, -0.25) is 9.80 Å². The van der Waals surface area contributed by atoms with Crippen LogP contribution in [0.1, 0.15) is 30.7 Å². The first-order valence-electron chi connectivity index (χ1n) is 9.25. The number of nitrogens with zero attached hydrogens (tertiary/aromatic N) is 1. The maximum absolute atomic E-state index is 12.7. The fourth-order valence-electron chi connectivity index (χ4n) is 4.64. The van der Waals surface area contributed by atoms with Crippen LogP contribution in [-0.4, -0.2) is 35.7 Å². The third-order valence-corrected chi connectivity index (χ3v) is 6.33. The normalized spacial score (nSPS) is 36.3. The summed E-state index contributed by atoms with van der Waals surface area (Å²) in [6.45, 7) is 0.733. The third kappa shape index (κ3) is 2.80. The molecule has 1 amide bonds. The van der Waals surface area contributed by atoms with Crippen LogP contribution >= 0.6 is 11.6 Å². The van der Waals surface area contributed by atoms with Crippen LogP contribution in [0.25, 0.3) is 0 Å². The second-order valence-electron chi connectivity index (χ2n) is 7.55. The molecule has 0 spiro atoms. The minimum atomic E-state index is -0.0609. The van der Waals surface area contributed by atoms with Crippen LogP contribution in [0.2, 0.25) is 5.02 Å². The number of rotatable bonds is 2. The Morgan fingerprint density at radius 3 is 2.73 bits per heavy atom. The summed E-state index contributed by atoms with van der Waals surface area (Å²) >= 11 is 6.03. The number of hydrazine groups is 3. The van der Waals surface area contributed by atoms with Gasteiger partial charge in [-0.2, -0.15) is 5.53 Å². The van der Waals surface area contributed by atoms with Gasteiger partial charge in [-0.1, -0.05) is 23.7 Å². The average molecular weight is 375 g/mol. The molecule has 0 aromatic heterocycles. The number of allylic oxidation sites excluding steroid dienone is 1. The number of carbonyl (C=O) groups excluding carboxylic acids is 1. The SMILES string of the molecule is O=C1C=C(C2CCC3NNNC3C2)NC2C(c3ccc(Cl)cc3)CNN12. The van der Waals surface area contributed by atoms with Gasteiger partial charge < -0.3 is 5.32 Å². The van der Waals surface area contributed by atoms with E-state index in [1.165, 1.54) is 5.56 Å². The van der Waals surface area contributed by atoms with E-state index in [9.17, 15) is 4.79 Å². The molecule has 3 aliphatic heterocycles. The number of amides is 1. The van der Waals surface area contributed by atoms with Gasteiger partial charge in [-0.15, -0.1) is 0 Å². The number of carbonyl (C=O) groups is 1. The lowest BCUT2D eigenvalue weighted by molar-refractivity contribution is -0.131. The van der Waals surface area contributed by atoms with Gasteiger partial charge in [0.1, 0.15) is 6.17 Å². The number of benzene rings is 1. The summed E-state index contributed by atoms with van der Waals surface area (Å²) in [7, 11) is 0. The third-order valence-electron chi connectivity index (χ3n) is 6.08. The van der Waals surface area contributed by atoms with Crippen molar-refractivity contribution in [3.05, 3.63) is 46.6 Å². The summed E-state index contributed by atoms with van der Waals surface area (Å²) in [6.07, 6.45) is 4.90. The molecular formula is C18H23ClN6O. The summed E-state index contributed by atoms with van der Waals surface area (Å²) in [5, 5.41) is 6.12. The van der Waals surface area contributed by atoms with Crippen molar-refractivity contribution in [2.45, 2.75) is 43.4 Å². The Labute approximate surface area is 157 Å². The van der Waals surface area contributed by atoms with E-state index in [1.54, 1.807) is 11.1 Å². The fraction of sp³-hybridized carbons (Fsp3) is 0.500. The van der Waals surface area contributed by atoms with Gasteiger partial charge >= 0.3 is 0 Å². The van der Waals surface area contributed by atoms with Gasteiger partial charge in [0.15, 0.2) is 0 Å². The lowest BCUT2D eigenvalue weighted by Crippen LogP contribution is -2.54. The molecule has 5 rings (SSSR count). The van der Waals surface area contributed by atoms with E-state index in [2.05, 4.69) is 27.1 Å². The van der Waals surface area contributed by atoms with Crippen molar-refractivity contribution in [2.75, 3.05) is 6.54 Å². The quantitative estimate of drug-likeness (QED) is 0.525. The van der Waals surface area contributed by atoms with Crippen LogP contribution < -0.4 is 27.1 Å². The van der Waals surface area contributed by atoms with Crippen molar-refractivity contribution < 1.29 is 4.79 Å². The molecule has 1 aliphatic carbocycles. The van der Waals surface area contributed by atoms with E-state index < -0.39 is 0 Å². The summed E-state index contributed by atoms with van der Waals surface area (Å²) in [5.74, 6) is 0.616.